The van der Waals surface area contributed by atoms with E-state index in [0.717, 1.165) is 18.9 Å². The van der Waals surface area contributed by atoms with Crippen molar-refractivity contribution < 1.29 is 0 Å². The smallest absolute Gasteiger partial charge is 0.131 e. The van der Waals surface area contributed by atoms with Gasteiger partial charge in [-0.1, -0.05) is 13.0 Å². The summed E-state index contributed by atoms with van der Waals surface area (Å²) in [5.41, 5.74) is 0. The zero-order valence-electron chi connectivity index (χ0n) is 13.4. The van der Waals surface area contributed by atoms with E-state index in [0.29, 0.717) is 6.04 Å². The van der Waals surface area contributed by atoms with Gasteiger partial charge in [-0.15, -0.1) is 11.3 Å². The second-order valence-electron chi connectivity index (χ2n) is 5.54. The van der Waals surface area contributed by atoms with Crippen molar-refractivity contribution in [3.63, 3.8) is 0 Å². The van der Waals surface area contributed by atoms with Crippen LogP contribution in [0.4, 0.5) is 0 Å². The van der Waals surface area contributed by atoms with Crippen molar-refractivity contribution in [1.29, 1.82) is 0 Å². The van der Waals surface area contributed by atoms with Gasteiger partial charge < -0.3 is 14.8 Å². The largest absolute Gasteiger partial charge is 0.336 e. The highest BCUT2D eigenvalue weighted by Crippen LogP contribution is 2.24. The summed E-state index contributed by atoms with van der Waals surface area (Å²) in [6.07, 6.45) is 5.05. The second-order valence-corrected chi connectivity index (χ2v) is 6.52. The molecule has 4 nitrogen and oxygen atoms in total. The van der Waals surface area contributed by atoms with Gasteiger partial charge in [0.05, 0.1) is 0 Å². The molecular formula is C16H26N4S. The molecule has 0 saturated heterocycles. The van der Waals surface area contributed by atoms with Crippen molar-refractivity contribution in [2.75, 3.05) is 20.1 Å². The van der Waals surface area contributed by atoms with E-state index < -0.39 is 0 Å². The van der Waals surface area contributed by atoms with E-state index in [1.807, 2.05) is 12.4 Å². The van der Waals surface area contributed by atoms with Crippen molar-refractivity contribution in [3.05, 3.63) is 40.6 Å². The van der Waals surface area contributed by atoms with Gasteiger partial charge in [-0.3, -0.25) is 0 Å². The third-order valence-electron chi connectivity index (χ3n) is 4.10. The second kappa shape index (κ2) is 7.73. The summed E-state index contributed by atoms with van der Waals surface area (Å²) in [5.74, 6) is 1.07. The molecule has 0 aliphatic rings. The van der Waals surface area contributed by atoms with Crippen LogP contribution in [0.5, 0.6) is 0 Å². The minimum atomic E-state index is 0.176. The van der Waals surface area contributed by atoms with Crippen LogP contribution in [0.2, 0.25) is 0 Å². The van der Waals surface area contributed by atoms with Crippen LogP contribution >= 0.6 is 11.3 Å². The topological polar surface area (TPSA) is 33.1 Å². The van der Waals surface area contributed by atoms with Crippen molar-refractivity contribution >= 4 is 11.3 Å². The van der Waals surface area contributed by atoms with Gasteiger partial charge in [0.2, 0.25) is 0 Å². The lowest BCUT2D eigenvalue weighted by Gasteiger charge is -2.25. The summed E-state index contributed by atoms with van der Waals surface area (Å²) in [6.45, 7) is 6.50. The van der Waals surface area contributed by atoms with Gasteiger partial charge in [-0.2, -0.15) is 0 Å². The minimum Gasteiger partial charge on any atom is -0.336 e. The Labute approximate surface area is 131 Å². The predicted octanol–water partition coefficient (Wildman–Crippen LogP) is 2.89. The molecule has 2 atom stereocenters. The van der Waals surface area contributed by atoms with E-state index in [-0.39, 0.29) is 6.04 Å². The molecule has 0 spiro atoms. The first kappa shape index (κ1) is 16.2. The zero-order chi connectivity index (χ0) is 15.2. The molecule has 0 amide bonds. The Bertz CT molecular complexity index is 520. The number of thiophene rings is 1. The molecule has 0 bridgehead atoms. The number of imidazole rings is 1. The summed E-state index contributed by atoms with van der Waals surface area (Å²) in [5, 5.41) is 5.78. The molecule has 0 fully saturated rings. The van der Waals surface area contributed by atoms with E-state index in [9.17, 15) is 0 Å². The summed E-state index contributed by atoms with van der Waals surface area (Å²) in [4.78, 5) is 8.23. The van der Waals surface area contributed by atoms with Crippen LogP contribution < -0.4 is 5.32 Å². The normalized spacial score (nSPS) is 14.5. The summed E-state index contributed by atoms with van der Waals surface area (Å²) in [6, 6.07) is 5.08. The molecule has 2 rings (SSSR count). The summed E-state index contributed by atoms with van der Waals surface area (Å²) < 4.78 is 2.09. The highest BCUT2D eigenvalue weighted by atomic mass is 32.1. The molecule has 0 saturated carbocycles. The molecule has 0 aromatic carbocycles. The maximum absolute atomic E-state index is 4.51. The molecule has 0 radical (unpaired) electrons. The van der Waals surface area contributed by atoms with E-state index >= 15 is 0 Å². The molecule has 2 unspecified atom stereocenters. The lowest BCUT2D eigenvalue weighted by Crippen LogP contribution is -2.36. The highest BCUT2D eigenvalue weighted by molar-refractivity contribution is 7.10. The van der Waals surface area contributed by atoms with Crippen LogP contribution in [-0.2, 0) is 7.05 Å². The van der Waals surface area contributed by atoms with Crippen molar-refractivity contribution in [2.45, 2.75) is 32.4 Å². The third kappa shape index (κ3) is 4.15. The van der Waals surface area contributed by atoms with Gasteiger partial charge in [0, 0.05) is 43.4 Å². The molecular weight excluding hydrogens is 280 g/mol. The standard InChI is InChI=1S/C16H26N4S/c1-5-13(2)19(3)10-8-17-15(14-7-6-12-21-14)16-18-9-11-20(16)4/h6-7,9,11-13,15,17H,5,8,10H2,1-4H3. The molecule has 116 valence electrons. The molecule has 2 aromatic heterocycles. The van der Waals surface area contributed by atoms with Crippen LogP contribution in [0, 0.1) is 0 Å². The van der Waals surface area contributed by atoms with Crippen LogP contribution in [0.15, 0.2) is 29.9 Å². The lowest BCUT2D eigenvalue weighted by molar-refractivity contribution is 0.249. The number of aryl methyl sites for hydroxylation is 1. The zero-order valence-corrected chi connectivity index (χ0v) is 14.2. The maximum Gasteiger partial charge on any atom is 0.131 e. The first-order valence-corrected chi connectivity index (χ1v) is 8.45. The summed E-state index contributed by atoms with van der Waals surface area (Å²) in [7, 11) is 4.24. The van der Waals surface area contributed by atoms with E-state index in [2.05, 4.69) is 65.2 Å². The van der Waals surface area contributed by atoms with Gasteiger partial charge in [0.1, 0.15) is 11.9 Å². The Balaban J connectivity index is 2.00. The minimum absolute atomic E-state index is 0.176. The molecule has 0 aliphatic heterocycles. The summed E-state index contributed by atoms with van der Waals surface area (Å²) >= 11 is 1.78. The monoisotopic (exact) mass is 306 g/mol. The Morgan fingerprint density at radius 2 is 2.29 bits per heavy atom. The van der Waals surface area contributed by atoms with E-state index in [1.165, 1.54) is 11.3 Å². The number of hydrogen-bond acceptors (Lipinski definition) is 4. The van der Waals surface area contributed by atoms with Gasteiger partial charge in [0.25, 0.3) is 0 Å². The average molecular weight is 306 g/mol. The Hall–Kier alpha value is -1.17. The van der Waals surface area contributed by atoms with E-state index in [4.69, 9.17) is 0 Å². The van der Waals surface area contributed by atoms with Gasteiger partial charge >= 0.3 is 0 Å². The molecule has 21 heavy (non-hydrogen) atoms. The number of likely N-dealkylation sites (N-methyl/N-ethyl adjacent to an activating group) is 1. The number of nitrogens with one attached hydrogen (secondary N) is 1. The third-order valence-corrected chi connectivity index (χ3v) is 5.04. The SMILES string of the molecule is CCC(C)N(C)CCNC(c1cccs1)c1nccn1C. The molecule has 5 heteroatoms. The van der Waals surface area contributed by atoms with Gasteiger partial charge in [-0.05, 0) is 31.8 Å². The van der Waals surface area contributed by atoms with Crippen LogP contribution in [0.1, 0.15) is 37.0 Å². The fraction of sp³-hybridized carbons (Fsp3) is 0.562. The van der Waals surface area contributed by atoms with Crippen molar-refractivity contribution in [1.82, 2.24) is 19.8 Å². The van der Waals surface area contributed by atoms with Gasteiger partial charge in [-0.25, -0.2) is 4.98 Å². The Morgan fingerprint density at radius 1 is 1.48 bits per heavy atom. The molecule has 2 heterocycles. The van der Waals surface area contributed by atoms with Crippen molar-refractivity contribution in [3.8, 4) is 0 Å². The number of nitrogens with zero attached hydrogens (tertiary/aromatic N) is 3. The van der Waals surface area contributed by atoms with Crippen LogP contribution in [0.25, 0.3) is 0 Å². The lowest BCUT2D eigenvalue weighted by atomic mass is 10.2. The van der Waals surface area contributed by atoms with Crippen LogP contribution in [0.3, 0.4) is 0 Å². The molecule has 1 N–H and O–H groups in total. The van der Waals surface area contributed by atoms with Gasteiger partial charge in [0.15, 0.2) is 0 Å². The Kier molecular flexibility index (Phi) is 5.96. The predicted molar refractivity (Wildman–Crippen MR) is 89.8 cm³/mol. The molecule has 2 aromatic rings. The van der Waals surface area contributed by atoms with E-state index in [1.54, 1.807) is 11.3 Å². The molecule has 0 aliphatic carbocycles. The highest BCUT2D eigenvalue weighted by Gasteiger charge is 2.19. The quantitative estimate of drug-likeness (QED) is 0.814. The number of rotatable bonds is 8. The first-order chi connectivity index (χ1) is 10.1. The Morgan fingerprint density at radius 3 is 2.86 bits per heavy atom. The maximum atomic E-state index is 4.51. The average Bonchev–Trinajstić information content (AvgIpc) is 3.14. The fourth-order valence-corrected chi connectivity index (χ4v) is 3.14. The number of aromatic nitrogens is 2. The number of hydrogen-bond donors (Lipinski definition) is 1. The van der Waals surface area contributed by atoms with Crippen molar-refractivity contribution in [2.24, 2.45) is 7.05 Å². The van der Waals surface area contributed by atoms with Crippen LogP contribution in [-0.4, -0.2) is 40.6 Å². The fourth-order valence-electron chi connectivity index (χ4n) is 2.35. The first-order valence-electron chi connectivity index (χ1n) is 7.57.